The number of carbonyl (C=O) groups is 1. The third-order valence-electron chi connectivity index (χ3n) is 3.74. The highest BCUT2D eigenvalue weighted by Gasteiger charge is 2.37. The average molecular weight is 221 g/mol. The normalized spacial score (nSPS) is 28.7. The maximum atomic E-state index is 12.0. The number of hydrogen-bond acceptors (Lipinski definition) is 1. The molecule has 0 spiro atoms. The van der Waals surface area contributed by atoms with Crippen molar-refractivity contribution in [1.29, 1.82) is 0 Å². The van der Waals surface area contributed by atoms with Crippen LogP contribution in [-0.2, 0) is 11.2 Å². The van der Waals surface area contributed by atoms with E-state index >= 15 is 0 Å². The Hall–Kier alpha value is -0.820. The number of hydrogen-bond donors (Lipinski definition) is 0. The first-order valence-electron chi connectivity index (χ1n) is 5.58. The van der Waals surface area contributed by atoms with E-state index in [2.05, 4.69) is 0 Å². The van der Waals surface area contributed by atoms with Gasteiger partial charge in [0.2, 0.25) is 0 Å². The molecule has 1 aromatic carbocycles. The van der Waals surface area contributed by atoms with Gasteiger partial charge in [0.15, 0.2) is 0 Å². The lowest BCUT2D eigenvalue weighted by Gasteiger charge is -2.34. The van der Waals surface area contributed by atoms with E-state index in [0.717, 1.165) is 24.3 Å². The lowest BCUT2D eigenvalue weighted by atomic mass is 9.68. The summed E-state index contributed by atoms with van der Waals surface area (Å²) in [5.41, 5.74) is 2.54. The number of benzene rings is 1. The summed E-state index contributed by atoms with van der Waals surface area (Å²) in [6, 6.07) is 5.99. The molecule has 0 aromatic heterocycles. The second-order valence-corrected chi connectivity index (χ2v) is 5.07. The third-order valence-corrected chi connectivity index (χ3v) is 3.97. The van der Waals surface area contributed by atoms with Gasteiger partial charge >= 0.3 is 0 Å². The van der Waals surface area contributed by atoms with Crippen molar-refractivity contribution in [1.82, 2.24) is 0 Å². The van der Waals surface area contributed by atoms with E-state index in [1.807, 2.05) is 18.2 Å². The van der Waals surface area contributed by atoms with Crippen LogP contribution in [-0.4, -0.2) is 5.78 Å². The van der Waals surface area contributed by atoms with Crippen molar-refractivity contribution in [3.63, 3.8) is 0 Å². The standard InChI is InChI=1S/C13H13ClO/c14-10-4-5-11-9(7-10)6-8-2-1-3-12(11)13(8)15/h4-5,7-8,12H,1-3,6H2. The van der Waals surface area contributed by atoms with E-state index in [4.69, 9.17) is 11.6 Å². The van der Waals surface area contributed by atoms with Crippen molar-refractivity contribution >= 4 is 17.4 Å². The molecular weight excluding hydrogens is 208 g/mol. The molecule has 1 aromatic rings. The summed E-state index contributed by atoms with van der Waals surface area (Å²) >= 11 is 5.98. The van der Waals surface area contributed by atoms with E-state index in [0.29, 0.717) is 5.78 Å². The van der Waals surface area contributed by atoms with Gasteiger partial charge in [-0.05, 0) is 42.5 Å². The Morgan fingerprint density at radius 1 is 1.27 bits per heavy atom. The number of Topliss-reactive ketones (excluding diaryl/α,β-unsaturated/α-hetero) is 1. The first kappa shape index (κ1) is 9.41. The minimum atomic E-state index is 0.171. The van der Waals surface area contributed by atoms with Gasteiger partial charge in [0, 0.05) is 16.9 Å². The van der Waals surface area contributed by atoms with Crippen LogP contribution in [0.2, 0.25) is 5.02 Å². The highest BCUT2D eigenvalue weighted by atomic mass is 35.5. The minimum Gasteiger partial charge on any atom is -0.299 e. The maximum Gasteiger partial charge on any atom is 0.143 e. The predicted octanol–water partition coefficient (Wildman–Crippen LogP) is 3.35. The molecular formula is C13H13ClO. The van der Waals surface area contributed by atoms with Crippen molar-refractivity contribution < 1.29 is 4.79 Å². The van der Waals surface area contributed by atoms with Crippen LogP contribution in [0.5, 0.6) is 0 Å². The molecule has 0 heterocycles. The van der Waals surface area contributed by atoms with Crippen LogP contribution >= 0.6 is 11.6 Å². The molecule has 0 saturated heterocycles. The smallest absolute Gasteiger partial charge is 0.143 e. The first-order valence-corrected chi connectivity index (χ1v) is 5.95. The highest BCUT2D eigenvalue weighted by molar-refractivity contribution is 6.30. The number of halogens is 1. The van der Waals surface area contributed by atoms with Crippen LogP contribution in [0, 0.1) is 5.92 Å². The topological polar surface area (TPSA) is 17.1 Å². The molecule has 1 nitrogen and oxygen atoms in total. The Kier molecular flexibility index (Phi) is 2.10. The molecule has 2 unspecified atom stereocenters. The van der Waals surface area contributed by atoms with Crippen molar-refractivity contribution in [2.45, 2.75) is 31.6 Å². The van der Waals surface area contributed by atoms with Gasteiger partial charge in [-0.25, -0.2) is 0 Å². The average Bonchev–Trinajstić information content (AvgIpc) is 2.19. The molecule has 2 atom stereocenters. The molecule has 78 valence electrons. The van der Waals surface area contributed by atoms with Gasteiger partial charge in [-0.1, -0.05) is 24.1 Å². The Balaban J connectivity index is 2.12. The number of fused-ring (bicyclic) bond motifs is 4. The Morgan fingerprint density at radius 2 is 2.13 bits per heavy atom. The molecule has 0 amide bonds. The van der Waals surface area contributed by atoms with Gasteiger partial charge in [0.05, 0.1) is 0 Å². The van der Waals surface area contributed by atoms with E-state index in [-0.39, 0.29) is 11.8 Å². The highest BCUT2D eigenvalue weighted by Crippen LogP contribution is 2.41. The molecule has 2 bridgehead atoms. The van der Waals surface area contributed by atoms with Crippen molar-refractivity contribution in [3.8, 4) is 0 Å². The fourth-order valence-corrected chi connectivity index (χ4v) is 3.20. The summed E-state index contributed by atoms with van der Waals surface area (Å²) in [4.78, 5) is 12.0. The molecule has 0 N–H and O–H groups in total. The molecule has 2 aliphatic rings. The number of carbonyl (C=O) groups excluding carboxylic acids is 1. The van der Waals surface area contributed by atoms with Crippen molar-refractivity contribution in [2.75, 3.05) is 0 Å². The third kappa shape index (κ3) is 1.41. The van der Waals surface area contributed by atoms with Gasteiger partial charge in [0.25, 0.3) is 0 Å². The van der Waals surface area contributed by atoms with E-state index < -0.39 is 0 Å². The van der Waals surface area contributed by atoms with Crippen LogP contribution in [0.15, 0.2) is 18.2 Å². The van der Waals surface area contributed by atoms with Gasteiger partial charge in [-0.2, -0.15) is 0 Å². The summed E-state index contributed by atoms with van der Waals surface area (Å²) in [5.74, 6) is 0.913. The van der Waals surface area contributed by atoms with Gasteiger partial charge in [-0.3, -0.25) is 4.79 Å². The molecule has 3 rings (SSSR count). The van der Waals surface area contributed by atoms with Crippen molar-refractivity contribution in [3.05, 3.63) is 34.3 Å². The summed E-state index contributed by atoms with van der Waals surface area (Å²) < 4.78 is 0. The molecule has 1 fully saturated rings. The molecule has 2 heteroatoms. The second-order valence-electron chi connectivity index (χ2n) is 4.63. The Bertz CT molecular complexity index is 425. The van der Waals surface area contributed by atoms with Crippen LogP contribution in [0.1, 0.15) is 36.3 Å². The monoisotopic (exact) mass is 220 g/mol. The van der Waals surface area contributed by atoms with Gasteiger partial charge < -0.3 is 0 Å². The fourth-order valence-electron chi connectivity index (χ4n) is 3.01. The summed E-state index contributed by atoms with van der Waals surface area (Å²) in [6.07, 6.45) is 4.21. The minimum absolute atomic E-state index is 0.171. The number of rotatable bonds is 0. The molecule has 0 radical (unpaired) electrons. The molecule has 2 aliphatic carbocycles. The Labute approximate surface area is 94.4 Å². The van der Waals surface area contributed by atoms with Crippen LogP contribution < -0.4 is 0 Å². The van der Waals surface area contributed by atoms with Gasteiger partial charge in [-0.15, -0.1) is 0 Å². The molecule has 1 saturated carbocycles. The Morgan fingerprint density at radius 3 is 3.00 bits per heavy atom. The summed E-state index contributed by atoms with van der Waals surface area (Å²) in [7, 11) is 0. The van der Waals surface area contributed by atoms with Crippen LogP contribution in [0.3, 0.4) is 0 Å². The van der Waals surface area contributed by atoms with Gasteiger partial charge in [0.1, 0.15) is 5.78 Å². The largest absolute Gasteiger partial charge is 0.299 e. The van der Waals surface area contributed by atoms with E-state index in [1.54, 1.807) is 0 Å². The van der Waals surface area contributed by atoms with Crippen LogP contribution in [0.25, 0.3) is 0 Å². The van der Waals surface area contributed by atoms with Crippen LogP contribution in [0.4, 0.5) is 0 Å². The predicted molar refractivity (Wildman–Crippen MR) is 60.2 cm³/mol. The zero-order valence-corrected chi connectivity index (χ0v) is 9.26. The van der Waals surface area contributed by atoms with E-state index in [1.165, 1.54) is 17.5 Å². The lowest BCUT2D eigenvalue weighted by molar-refractivity contribution is -0.126. The fraction of sp³-hybridized carbons (Fsp3) is 0.462. The summed E-state index contributed by atoms with van der Waals surface area (Å²) in [6.45, 7) is 0. The maximum absolute atomic E-state index is 12.0. The first-order chi connectivity index (χ1) is 7.25. The molecule has 0 aliphatic heterocycles. The molecule has 15 heavy (non-hydrogen) atoms. The zero-order valence-electron chi connectivity index (χ0n) is 8.50. The quantitative estimate of drug-likeness (QED) is 0.656. The second kappa shape index (κ2) is 3.34. The zero-order chi connectivity index (χ0) is 10.4. The van der Waals surface area contributed by atoms with E-state index in [9.17, 15) is 4.79 Å². The SMILES string of the molecule is O=C1C2CCCC1c1ccc(Cl)cc1C2. The summed E-state index contributed by atoms with van der Waals surface area (Å²) in [5, 5.41) is 0.793. The van der Waals surface area contributed by atoms with Crippen molar-refractivity contribution in [2.24, 2.45) is 5.92 Å². The number of ketones is 1. The lowest BCUT2D eigenvalue weighted by Crippen LogP contribution is -2.33.